The second kappa shape index (κ2) is 10.4. The van der Waals surface area contributed by atoms with Gasteiger partial charge in [0, 0.05) is 6.54 Å². The molecule has 0 spiro atoms. The largest absolute Gasteiger partial charge is 0.497 e. The van der Waals surface area contributed by atoms with E-state index in [-0.39, 0.29) is 0 Å². The Kier molecular flexibility index (Phi) is 7.26. The lowest BCUT2D eigenvalue weighted by Crippen LogP contribution is -2.14. The van der Waals surface area contributed by atoms with Crippen molar-refractivity contribution in [2.75, 3.05) is 37.4 Å². The first-order valence-electron chi connectivity index (χ1n) is 9.46. The summed E-state index contributed by atoms with van der Waals surface area (Å²) in [5.41, 5.74) is 1.53. The van der Waals surface area contributed by atoms with Crippen molar-refractivity contribution in [3.05, 3.63) is 42.1 Å². The zero-order valence-corrected chi connectivity index (χ0v) is 15.8. The number of rotatable bonds is 10. The zero-order chi connectivity index (χ0) is 18.7. The van der Waals surface area contributed by atoms with E-state index in [2.05, 4.69) is 31.9 Å². The van der Waals surface area contributed by atoms with E-state index in [9.17, 15) is 0 Å². The molecule has 2 aromatic rings. The van der Waals surface area contributed by atoms with Gasteiger partial charge in [0.05, 0.1) is 19.9 Å². The molecule has 1 aromatic carbocycles. The van der Waals surface area contributed by atoms with Crippen molar-refractivity contribution in [2.45, 2.75) is 32.1 Å². The van der Waals surface area contributed by atoms with Gasteiger partial charge in [-0.2, -0.15) is 10.1 Å². The molecule has 144 valence electrons. The lowest BCUT2D eigenvalue weighted by Gasteiger charge is -2.13. The summed E-state index contributed by atoms with van der Waals surface area (Å²) in [4.78, 5) is 4.44. The van der Waals surface area contributed by atoms with Crippen LogP contribution in [0.15, 0.2) is 42.1 Å². The summed E-state index contributed by atoms with van der Waals surface area (Å²) < 4.78 is 10.8. The third kappa shape index (κ3) is 6.44. The monoisotopic (exact) mass is 369 g/mol. The maximum absolute atomic E-state index is 5.69. The number of hydrogen-bond acceptors (Lipinski definition) is 7. The quantitative estimate of drug-likeness (QED) is 0.488. The summed E-state index contributed by atoms with van der Waals surface area (Å²) >= 11 is 0. The van der Waals surface area contributed by atoms with Crippen LogP contribution in [0.5, 0.6) is 11.5 Å². The summed E-state index contributed by atoms with van der Waals surface area (Å²) in [6.07, 6.45) is 10.1. The Labute approximate surface area is 160 Å². The number of aromatic nitrogens is 3. The average molecular weight is 369 g/mol. The van der Waals surface area contributed by atoms with E-state index in [4.69, 9.17) is 9.47 Å². The molecule has 0 bridgehead atoms. The fraction of sp³-hybridized carbons (Fsp3) is 0.450. The van der Waals surface area contributed by atoms with Gasteiger partial charge in [-0.05, 0) is 56.4 Å². The molecule has 27 heavy (non-hydrogen) atoms. The van der Waals surface area contributed by atoms with Crippen LogP contribution in [0.2, 0.25) is 0 Å². The summed E-state index contributed by atoms with van der Waals surface area (Å²) in [5, 5.41) is 14.5. The second-order valence-corrected chi connectivity index (χ2v) is 6.40. The first kappa shape index (κ1) is 18.9. The molecular weight excluding hydrogens is 342 g/mol. The van der Waals surface area contributed by atoms with Crippen molar-refractivity contribution < 1.29 is 9.47 Å². The van der Waals surface area contributed by atoms with Gasteiger partial charge >= 0.3 is 0 Å². The fourth-order valence-corrected chi connectivity index (χ4v) is 2.95. The molecule has 7 nitrogen and oxygen atoms in total. The molecule has 0 unspecified atom stereocenters. The van der Waals surface area contributed by atoms with Crippen molar-refractivity contribution in [3.8, 4) is 11.5 Å². The standard InChI is InChI=1S/C20H27N5O2/c1-26-17-7-9-18(10-8-17)27-14-13-21-19-15-23-25-20(24-19)22-12-11-16-5-3-2-4-6-16/h5,7-10,15H,2-4,6,11-14H2,1H3,(H2,21,22,24,25). The Balaban J connectivity index is 1.37. The van der Waals surface area contributed by atoms with E-state index in [1.54, 1.807) is 13.3 Å². The van der Waals surface area contributed by atoms with Crippen molar-refractivity contribution >= 4 is 11.8 Å². The molecule has 0 amide bonds. The molecule has 0 fully saturated rings. The van der Waals surface area contributed by atoms with Gasteiger partial charge in [0.25, 0.3) is 0 Å². The van der Waals surface area contributed by atoms with Crippen LogP contribution in [0.3, 0.4) is 0 Å². The zero-order valence-electron chi connectivity index (χ0n) is 15.8. The van der Waals surface area contributed by atoms with Crippen LogP contribution in [0.25, 0.3) is 0 Å². The highest BCUT2D eigenvalue weighted by molar-refractivity contribution is 5.37. The van der Waals surface area contributed by atoms with E-state index in [1.807, 2.05) is 24.3 Å². The molecule has 0 saturated carbocycles. The van der Waals surface area contributed by atoms with Crippen molar-refractivity contribution in [3.63, 3.8) is 0 Å². The topological polar surface area (TPSA) is 81.2 Å². The molecule has 1 heterocycles. The Morgan fingerprint density at radius 3 is 2.67 bits per heavy atom. The average Bonchev–Trinajstić information content (AvgIpc) is 2.73. The number of hydrogen-bond donors (Lipinski definition) is 2. The highest BCUT2D eigenvalue weighted by Crippen LogP contribution is 2.20. The smallest absolute Gasteiger partial charge is 0.244 e. The highest BCUT2D eigenvalue weighted by atomic mass is 16.5. The first-order chi connectivity index (χ1) is 13.3. The molecule has 7 heteroatoms. The minimum atomic E-state index is 0.521. The lowest BCUT2D eigenvalue weighted by molar-refractivity contribution is 0.331. The van der Waals surface area contributed by atoms with Crippen LogP contribution < -0.4 is 20.1 Å². The molecule has 0 radical (unpaired) electrons. The van der Waals surface area contributed by atoms with Crippen LogP contribution >= 0.6 is 0 Å². The molecule has 3 rings (SSSR count). The van der Waals surface area contributed by atoms with Crippen LogP contribution in [0, 0.1) is 0 Å². The van der Waals surface area contributed by atoms with Crippen LogP contribution in [-0.2, 0) is 0 Å². The molecule has 0 atom stereocenters. The van der Waals surface area contributed by atoms with Gasteiger partial charge in [0.1, 0.15) is 18.1 Å². The van der Waals surface area contributed by atoms with Gasteiger partial charge in [-0.15, -0.1) is 5.10 Å². The van der Waals surface area contributed by atoms with Gasteiger partial charge in [-0.1, -0.05) is 11.6 Å². The normalized spacial score (nSPS) is 13.6. The maximum atomic E-state index is 5.69. The molecule has 1 aliphatic carbocycles. The number of anilines is 2. The lowest BCUT2D eigenvalue weighted by atomic mass is 9.97. The molecule has 0 aliphatic heterocycles. The van der Waals surface area contributed by atoms with E-state index < -0.39 is 0 Å². The van der Waals surface area contributed by atoms with E-state index in [0.29, 0.717) is 24.9 Å². The highest BCUT2D eigenvalue weighted by Gasteiger charge is 2.05. The third-order valence-corrected chi connectivity index (χ3v) is 4.41. The molecule has 0 saturated heterocycles. The Morgan fingerprint density at radius 2 is 1.89 bits per heavy atom. The number of nitrogens with one attached hydrogen (secondary N) is 2. The first-order valence-corrected chi connectivity index (χ1v) is 9.46. The Hall–Kier alpha value is -2.83. The van der Waals surface area contributed by atoms with Gasteiger partial charge in [-0.25, -0.2) is 0 Å². The second-order valence-electron chi connectivity index (χ2n) is 6.40. The fourth-order valence-electron chi connectivity index (χ4n) is 2.95. The van der Waals surface area contributed by atoms with Gasteiger partial charge in [0.2, 0.25) is 5.95 Å². The third-order valence-electron chi connectivity index (χ3n) is 4.41. The van der Waals surface area contributed by atoms with Gasteiger partial charge in [-0.3, -0.25) is 0 Å². The van der Waals surface area contributed by atoms with E-state index >= 15 is 0 Å². The predicted molar refractivity (Wildman–Crippen MR) is 106 cm³/mol. The molecule has 1 aliphatic rings. The number of methoxy groups -OCH3 is 1. The number of ether oxygens (including phenoxy) is 2. The van der Waals surface area contributed by atoms with Gasteiger partial charge < -0.3 is 20.1 Å². The summed E-state index contributed by atoms with van der Waals surface area (Å²) in [6.45, 7) is 1.97. The van der Waals surface area contributed by atoms with Crippen molar-refractivity contribution in [2.24, 2.45) is 0 Å². The summed E-state index contributed by atoms with van der Waals surface area (Å²) in [7, 11) is 1.64. The maximum Gasteiger partial charge on any atom is 0.244 e. The Morgan fingerprint density at radius 1 is 1.04 bits per heavy atom. The SMILES string of the molecule is COc1ccc(OCCNc2cnnc(NCCC3=CCCCC3)n2)cc1. The number of nitrogens with zero attached hydrogens (tertiary/aromatic N) is 3. The van der Waals surface area contributed by atoms with Crippen LogP contribution in [0.4, 0.5) is 11.8 Å². The number of benzene rings is 1. The number of allylic oxidation sites excluding steroid dienone is 1. The van der Waals surface area contributed by atoms with E-state index in [1.165, 1.54) is 31.3 Å². The minimum absolute atomic E-state index is 0.521. The minimum Gasteiger partial charge on any atom is -0.497 e. The van der Waals surface area contributed by atoms with Crippen LogP contribution in [0.1, 0.15) is 32.1 Å². The van der Waals surface area contributed by atoms with Crippen LogP contribution in [-0.4, -0.2) is 42.0 Å². The summed E-state index contributed by atoms with van der Waals surface area (Å²) in [6, 6.07) is 7.51. The predicted octanol–water partition coefficient (Wildman–Crippen LogP) is 3.67. The summed E-state index contributed by atoms with van der Waals surface area (Å²) in [5.74, 6) is 2.85. The van der Waals surface area contributed by atoms with E-state index in [0.717, 1.165) is 24.5 Å². The van der Waals surface area contributed by atoms with Crippen molar-refractivity contribution in [1.82, 2.24) is 15.2 Å². The molecular formula is C20H27N5O2. The van der Waals surface area contributed by atoms with Gasteiger partial charge in [0.15, 0.2) is 5.82 Å². The Bertz CT molecular complexity index is 733. The molecule has 2 N–H and O–H groups in total. The molecule has 1 aromatic heterocycles. The van der Waals surface area contributed by atoms with Crippen molar-refractivity contribution in [1.29, 1.82) is 0 Å².